The minimum Gasteiger partial charge on any atom is -0.508 e. The van der Waals surface area contributed by atoms with E-state index in [2.05, 4.69) is 11.9 Å². The van der Waals surface area contributed by atoms with E-state index in [1.54, 1.807) is 31.6 Å². The number of nitrogens with zero attached hydrogens (tertiary/aromatic N) is 3. The Bertz CT molecular complexity index is 1030. The van der Waals surface area contributed by atoms with Crippen LogP contribution in [0.25, 0.3) is 0 Å². The maximum atomic E-state index is 9.77. The molecule has 0 saturated heterocycles. The first kappa shape index (κ1) is 17.9. The lowest BCUT2D eigenvalue weighted by molar-refractivity contribution is 0.415. The van der Waals surface area contributed by atoms with Gasteiger partial charge in [-0.25, -0.2) is 9.98 Å². The van der Waals surface area contributed by atoms with Gasteiger partial charge in [0.2, 0.25) is 0 Å². The van der Waals surface area contributed by atoms with Crippen molar-refractivity contribution in [3.63, 3.8) is 0 Å². The summed E-state index contributed by atoms with van der Waals surface area (Å²) in [6.45, 7) is 2.08. The van der Waals surface area contributed by atoms with Crippen molar-refractivity contribution in [2.24, 2.45) is 9.98 Å². The first-order chi connectivity index (χ1) is 13.7. The Morgan fingerprint density at radius 3 is 2.14 bits per heavy atom. The summed E-state index contributed by atoms with van der Waals surface area (Å²) in [6, 6.07) is 18.9. The van der Waals surface area contributed by atoms with Crippen LogP contribution < -0.4 is 4.74 Å². The van der Waals surface area contributed by atoms with E-state index < -0.39 is 5.54 Å². The molecule has 5 nitrogen and oxygen atoms in total. The molecule has 1 unspecified atom stereocenters. The smallest absolute Gasteiger partial charge is 0.156 e. The number of pyridine rings is 1. The van der Waals surface area contributed by atoms with Crippen LogP contribution in [0.2, 0.25) is 0 Å². The Morgan fingerprint density at radius 2 is 1.54 bits per heavy atom. The SMILES string of the molecule is CCC1=NC(c2ccc(OC)cc2)=NC1(c1ccncc1)c1ccc(O)cc1. The predicted octanol–water partition coefficient (Wildman–Crippen LogP) is 4.35. The molecule has 3 aromatic rings. The highest BCUT2D eigenvalue weighted by molar-refractivity contribution is 6.16. The van der Waals surface area contributed by atoms with Crippen LogP contribution in [0.4, 0.5) is 0 Å². The zero-order valence-corrected chi connectivity index (χ0v) is 15.8. The van der Waals surface area contributed by atoms with Gasteiger partial charge in [-0.3, -0.25) is 4.98 Å². The van der Waals surface area contributed by atoms with E-state index in [9.17, 15) is 5.11 Å². The van der Waals surface area contributed by atoms with E-state index >= 15 is 0 Å². The first-order valence-corrected chi connectivity index (χ1v) is 9.19. The number of hydrogen-bond acceptors (Lipinski definition) is 5. The number of phenols is 1. The second kappa shape index (κ2) is 7.27. The van der Waals surface area contributed by atoms with Crippen molar-refractivity contribution in [2.45, 2.75) is 18.9 Å². The van der Waals surface area contributed by atoms with E-state index in [1.165, 1.54) is 0 Å². The molecule has 0 bridgehead atoms. The topological polar surface area (TPSA) is 67.1 Å². The van der Waals surface area contributed by atoms with E-state index in [1.807, 2.05) is 48.5 Å². The van der Waals surface area contributed by atoms with Crippen molar-refractivity contribution < 1.29 is 9.84 Å². The monoisotopic (exact) mass is 371 g/mol. The van der Waals surface area contributed by atoms with Gasteiger partial charge in [-0.2, -0.15) is 0 Å². The third-order valence-corrected chi connectivity index (χ3v) is 5.00. The van der Waals surface area contributed by atoms with Crippen LogP contribution in [0.5, 0.6) is 11.5 Å². The molecule has 1 aromatic heterocycles. The molecule has 28 heavy (non-hydrogen) atoms. The minimum absolute atomic E-state index is 0.223. The van der Waals surface area contributed by atoms with Gasteiger partial charge in [0.15, 0.2) is 11.4 Å². The number of benzene rings is 2. The molecule has 2 aromatic carbocycles. The molecule has 140 valence electrons. The molecular weight excluding hydrogens is 350 g/mol. The van der Waals surface area contributed by atoms with Crippen LogP contribution in [0, 0.1) is 0 Å². The highest BCUT2D eigenvalue weighted by atomic mass is 16.5. The molecule has 0 saturated carbocycles. The summed E-state index contributed by atoms with van der Waals surface area (Å²) in [4.78, 5) is 14.2. The first-order valence-electron chi connectivity index (χ1n) is 9.19. The van der Waals surface area contributed by atoms with E-state index in [-0.39, 0.29) is 5.75 Å². The summed E-state index contributed by atoms with van der Waals surface area (Å²) in [5.74, 6) is 1.70. The average Bonchev–Trinajstić information content (AvgIpc) is 3.16. The van der Waals surface area contributed by atoms with Crippen LogP contribution in [0.15, 0.2) is 83.0 Å². The zero-order valence-electron chi connectivity index (χ0n) is 15.8. The Morgan fingerprint density at radius 1 is 0.893 bits per heavy atom. The van der Waals surface area contributed by atoms with E-state index in [0.29, 0.717) is 5.84 Å². The highest BCUT2D eigenvalue weighted by Crippen LogP contribution is 2.41. The Kier molecular flexibility index (Phi) is 4.65. The number of methoxy groups -OCH3 is 1. The second-order valence-electron chi connectivity index (χ2n) is 6.57. The van der Waals surface area contributed by atoms with Crippen LogP contribution in [0.1, 0.15) is 30.0 Å². The average molecular weight is 371 g/mol. The van der Waals surface area contributed by atoms with Crippen LogP contribution in [-0.4, -0.2) is 28.7 Å². The molecule has 0 radical (unpaired) electrons. The molecule has 0 fully saturated rings. The fraction of sp³-hybridized carbons (Fsp3) is 0.174. The van der Waals surface area contributed by atoms with Gasteiger partial charge in [0.25, 0.3) is 0 Å². The maximum absolute atomic E-state index is 9.77. The molecule has 2 heterocycles. The number of hydrogen-bond donors (Lipinski definition) is 1. The third kappa shape index (κ3) is 2.95. The molecule has 0 spiro atoms. The fourth-order valence-electron chi connectivity index (χ4n) is 3.59. The third-order valence-electron chi connectivity index (χ3n) is 5.00. The summed E-state index contributed by atoms with van der Waals surface area (Å²) in [5.41, 5.74) is 3.11. The van der Waals surface area contributed by atoms with Gasteiger partial charge in [-0.05, 0) is 66.1 Å². The Balaban J connectivity index is 1.92. The van der Waals surface area contributed by atoms with Crippen LogP contribution in [0.3, 0.4) is 0 Å². The number of rotatable bonds is 5. The van der Waals surface area contributed by atoms with Crippen LogP contribution >= 0.6 is 0 Å². The molecule has 4 rings (SSSR count). The van der Waals surface area contributed by atoms with E-state index in [4.69, 9.17) is 14.7 Å². The number of amidine groups is 1. The summed E-state index contributed by atoms with van der Waals surface area (Å²) in [7, 11) is 1.65. The number of phenolic OH excluding ortho intramolecular Hbond substituents is 1. The van der Waals surface area contributed by atoms with Gasteiger partial charge in [0.05, 0.1) is 12.8 Å². The van der Waals surface area contributed by atoms with Gasteiger partial charge < -0.3 is 9.84 Å². The van der Waals surface area contributed by atoms with Crippen molar-refractivity contribution in [3.8, 4) is 11.5 Å². The zero-order chi connectivity index (χ0) is 19.6. The largest absolute Gasteiger partial charge is 0.508 e. The number of aromatic nitrogens is 1. The summed E-state index contributed by atoms with van der Waals surface area (Å²) >= 11 is 0. The second-order valence-corrected chi connectivity index (χ2v) is 6.57. The van der Waals surface area contributed by atoms with Gasteiger partial charge >= 0.3 is 0 Å². The molecule has 1 N–H and O–H groups in total. The predicted molar refractivity (Wildman–Crippen MR) is 110 cm³/mol. The minimum atomic E-state index is -0.735. The van der Waals surface area contributed by atoms with Crippen molar-refractivity contribution in [1.82, 2.24) is 4.98 Å². The van der Waals surface area contributed by atoms with Crippen LogP contribution in [-0.2, 0) is 5.54 Å². The Labute approximate surface area is 164 Å². The number of aromatic hydroxyl groups is 1. The quantitative estimate of drug-likeness (QED) is 0.725. The number of aliphatic imine (C=N–C) groups is 2. The normalized spacial score (nSPS) is 18.5. The maximum Gasteiger partial charge on any atom is 0.156 e. The van der Waals surface area contributed by atoms with Crippen molar-refractivity contribution >= 4 is 11.5 Å². The molecule has 1 aliphatic rings. The van der Waals surface area contributed by atoms with Crippen molar-refractivity contribution in [1.29, 1.82) is 0 Å². The summed E-state index contributed by atoms with van der Waals surface area (Å²) < 4.78 is 5.26. The summed E-state index contributed by atoms with van der Waals surface area (Å²) in [5, 5.41) is 9.77. The molecule has 0 amide bonds. The molecule has 0 aliphatic carbocycles. The lowest BCUT2D eigenvalue weighted by atomic mass is 9.79. The van der Waals surface area contributed by atoms with Crippen molar-refractivity contribution in [2.75, 3.05) is 7.11 Å². The van der Waals surface area contributed by atoms with Crippen molar-refractivity contribution in [3.05, 3.63) is 89.7 Å². The van der Waals surface area contributed by atoms with E-state index in [0.717, 1.165) is 34.6 Å². The van der Waals surface area contributed by atoms with Gasteiger partial charge in [-0.1, -0.05) is 19.1 Å². The lowest BCUT2D eigenvalue weighted by Crippen LogP contribution is -2.32. The lowest BCUT2D eigenvalue weighted by Gasteiger charge is -2.29. The molecular formula is C23H21N3O2. The van der Waals surface area contributed by atoms with Gasteiger partial charge in [0.1, 0.15) is 11.5 Å². The highest BCUT2D eigenvalue weighted by Gasteiger charge is 2.42. The molecule has 5 heteroatoms. The summed E-state index contributed by atoms with van der Waals surface area (Å²) in [6.07, 6.45) is 4.28. The molecule has 1 atom stereocenters. The van der Waals surface area contributed by atoms with Gasteiger partial charge in [0, 0.05) is 18.0 Å². The molecule has 1 aliphatic heterocycles. The van der Waals surface area contributed by atoms with Gasteiger partial charge in [-0.15, -0.1) is 0 Å². The fourth-order valence-corrected chi connectivity index (χ4v) is 3.59. The standard InChI is InChI=1S/C23H21N3O2/c1-3-21-23(18-12-14-24-15-13-18,17-6-8-19(27)9-7-17)26-22(25-21)16-4-10-20(28-2)11-5-16/h4-15,27H,3H2,1-2H3. The Hall–Kier alpha value is -3.47. The number of ether oxygens (including phenoxy) is 1.